The van der Waals surface area contributed by atoms with Crippen LogP contribution in [-0.2, 0) is 0 Å². The Labute approximate surface area is 169 Å². The van der Waals surface area contributed by atoms with E-state index in [1.54, 1.807) is 0 Å². The standard InChI is InChI=1S/C19H22Br2O3S/c1-2-3-4-5-6-9-12-24-14-11-8-7-10-13(14)15-16(19(22)23)18(21)25-17(15)20/h7-8,10-11H,2-6,9,12H2,1H3,(H,22,23). The number of hydrogen-bond acceptors (Lipinski definition) is 3. The summed E-state index contributed by atoms with van der Waals surface area (Å²) in [5, 5.41) is 9.54. The van der Waals surface area contributed by atoms with Gasteiger partial charge in [0.05, 0.1) is 19.7 Å². The zero-order valence-electron chi connectivity index (χ0n) is 14.2. The summed E-state index contributed by atoms with van der Waals surface area (Å²) < 4.78 is 7.36. The fourth-order valence-corrected chi connectivity index (χ4v) is 5.84. The second-order valence-electron chi connectivity index (χ2n) is 5.82. The Bertz CT molecular complexity index is 713. The Hall–Kier alpha value is -0.850. The first-order valence-electron chi connectivity index (χ1n) is 8.49. The average molecular weight is 490 g/mol. The van der Waals surface area contributed by atoms with Gasteiger partial charge in [0.2, 0.25) is 0 Å². The van der Waals surface area contributed by atoms with E-state index in [4.69, 9.17) is 4.74 Å². The van der Waals surface area contributed by atoms with Crippen LogP contribution in [0.1, 0.15) is 55.8 Å². The number of benzene rings is 1. The number of unbranched alkanes of at least 4 members (excludes halogenated alkanes) is 5. The van der Waals surface area contributed by atoms with Gasteiger partial charge in [-0.2, -0.15) is 0 Å². The molecule has 0 spiro atoms. The maximum atomic E-state index is 11.6. The van der Waals surface area contributed by atoms with Crippen molar-refractivity contribution in [3.05, 3.63) is 37.4 Å². The normalized spacial score (nSPS) is 10.8. The largest absolute Gasteiger partial charge is 0.493 e. The van der Waals surface area contributed by atoms with Gasteiger partial charge in [0.15, 0.2) is 0 Å². The number of carboxylic acid groups (broad SMARTS) is 1. The summed E-state index contributed by atoms with van der Waals surface area (Å²) in [5.74, 6) is -0.223. The van der Waals surface area contributed by atoms with Crippen LogP contribution in [0.5, 0.6) is 5.75 Å². The number of ether oxygens (including phenoxy) is 1. The first kappa shape index (κ1) is 20.5. The van der Waals surface area contributed by atoms with Gasteiger partial charge in [-0.05, 0) is 44.3 Å². The van der Waals surface area contributed by atoms with Gasteiger partial charge in [-0.3, -0.25) is 0 Å². The zero-order chi connectivity index (χ0) is 18.2. The molecule has 0 aliphatic rings. The van der Waals surface area contributed by atoms with Crippen molar-refractivity contribution in [1.82, 2.24) is 0 Å². The van der Waals surface area contributed by atoms with Crippen LogP contribution >= 0.6 is 43.2 Å². The van der Waals surface area contributed by atoms with E-state index in [-0.39, 0.29) is 5.56 Å². The van der Waals surface area contributed by atoms with Gasteiger partial charge in [0.25, 0.3) is 0 Å². The van der Waals surface area contributed by atoms with Gasteiger partial charge in [-0.25, -0.2) is 4.79 Å². The molecule has 0 aliphatic heterocycles. The lowest BCUT2D eigenvalue weighted by molar-refractivity contribution is 0.0697. The van der Waals surface area contributed by atoms with Gasteiger partial charge in [0, 0.05) is 11.1 Å². The Balaban J connectivity index is 2.10. The lowest BCUT2D eigenvalue weighted by Gasteiger charge is -2.12. The second-order valence-corrected chi connectivity index (χ2v) is 9.47. The maximum Gasteiger partial charge on any atom is 0.338 e. The topological polar surface area (TPSA) is 46.5 Å². The fourth-order valence-electron chi connectivity index (χ4n) is 2.67. The number of rotatable bonds is 10. The Morgan fingerprint density at radius 3 is 2.48 bits per heavy atom. The van der Waals surface area contributed by atoms with Gasteiger partial charge < -0.3 is 9.84 Å². The van der Waals surface area contributed by atoms with Crippen molar-refractivity contribution >= 4 is 49.2 Å². The number of carboxylic acids is 1. The second kappa shape index (κ2) is 10.3. The zero-order valence-corrected chi connectivity index (χ0v) is 18.2. The maximum absolute atomic E-state index is 11.6. The van der Waals surface area contributed by atoms with Crippen LogP contribution in [0.25, 0.3) is 11.1 Å². The van der Waals surface area contributed by atoms with Crippen molar-refractivity contribution < 1.29 is 14.6 Å². The first-order chi connectivity index (χ1) is 12.1. The molecule has 2 rings (SSSR count). The molecule has 0 unspecified atom stereocenters. The molecule has 136 valence electrons. The summed E-state index contributed by atoms with van der Waals surface area (Å²) >= 11 is 8.21. The van der Waals surface area contributed by atoms with E-state index in [1.165, 1.54) is 37.0 Å². The van der Waals surface area contributed by atoms with E-state index in [2.05, 4.69) is 38.8 Å². The van der Waals surface area contributed by atoms with Crippen LogP contribution in [0.3, 0.4) is 0 Å². The quantitative estimate of drug-likeness (QED) is 0.354. The molecule has 1 aromatic carbocycles. The van der Waals surface area contributed by atoms with Crippen LogP contribution in [-0.4, -0.2) is 17.7 Å². The van der Waals surface area contributed by atoms with Gasteiger partial charge in [-0.1, -0.05) is 57.2 Å². The van der Waals surface area contributed by atoms with E-state index in [0.717, 1.165) is 27.9 Å². The molecule has 0 saturated heterocycles. The van der Waals surface area contributed by atoms with Crippen LogP contribution < -0.4 is 4.74 Å². The summed E-state index contributed by atoms with van der Waals surface area (Å²) in [6, 6.07) is 7.62. The Morgan fingerprint density at radius 2 is 1.76 bits per heavy atom. The van der Waals surface area contributed by atoms with E-state index in [1.807, 2.05) is 24.3 Å². The van der Waals surface area contributed by atoms with Crippen molar-refractivity contribution in [3.8, 4) is 16.9 Å². The molecule has 0 fully saturated rings. The summed E-state index contributed by atoms with van der Waals surface area (Å²) in [6.07, 6.45) is 7.24. The molecule has 0 atom stereocenters. The minimum Gasteiger partial charge on any atom is -0.493 e. The molecule has 0 radical (unpaired) electrons. The van der Waals surface area contributed by atoms with Gasteiger partial charge in [0.1, 0.15) is 5.75 Å². The molecule has 0 saturated carbocycles. The van der Waals surface area contributed by atoms with E-state index in [0.29, 0.717) is 16.0 Å². The molecule has 25 heavy (non-hydrogen) atoms. The third-order valence-corrected chi connectivity index (χ3v) is 6.48. The van der Waals surface area contributed by atoms with Crippen molar-refractivity contribution in [2.45, 2.75) is 45.4 Å². The minimum atomic E-state index is -0.949. The molecular formula is C19H22Br2O3S. The average Bonchev–Trinajstić information content (AvgIpc) is 2.88. The molecule has 0 amide bonds. The van der Waals surface area contributed by atoms with Crippen molar-refractivity contribution in [2.75, 3.05) is 6.61 Å². The number of carbonyl (C=O) groups is 1. The number of halogens is 2. The van der Waals surface area contributed by atoms with E-state index < -0.39 is 5.97 Å². The lowest BCUT2D eigenvalue weighted by Crippen LogP contribution is -2.01. The monoisotopic (exact) mass is 488 g/mol. The van der Waals surface area contributed by atoms with Crippen molar-refractivity contribution in [1.29, 1.82) is 0 Å². The summed E-state index contributed by atoms with van der Waals surface area (Å²) in [6.45, 7) is 2.86. The summed E-state index contributed by atoms with van der Waals surface area (Å²) in [5.41, 5.74) is 1.75. The lowest BCUT2D eigenvalue weighted by atomic mass is 10.0. The van der Waals surface area contributed by atoms with Gasteiger partial charge in [-0.15, -0.1) is 11.3 Å². The summed E-state index contributed by atoms with van der Waals surface area (Å²) in [7, 11) is 0. The fraction of sp³-hybridized carbons (Fsp3) is 0.421. The third-order valence-electron chi connectivity index (χ3n) is 3.95. The van der Waals surface area contributed by atoms with Crippen LogP contribution in [0.2, 0.25) is 0 Å². The number of thiophene rings is 1. The highest BCUT2D eigenvalue weighted by Crippen LogP contribution is 2.46. The molecule has 1 N–H and O–H groups in total. The molecule has 0 bridgehead atoms. The Kier molecular flexibility index (Phi) is 8.46. The number of aromatic carboxylic acids is 1. The summed E-state index contributed by atoms with van der Waals surface area (Å²) in [4.78, 5) is 11.6. The molecule has 0 aliphatic carbocycles. The third kappa shape index (κ3) is 5.56. The molecular weight excluding hydrogens is 468 g/mol. The van der Waals surface area contributed by atoms with Crippen LogP contribution in [0.15, 0.2) is 31.8 Å². The van der Waals surface area contributed by atoms with E-state index >= 15 is 0 Å². The smallest absolute Gasteiger partial charge is 0.338 e. The van der Waals surface area contributed by atoms with Crippen molar-refractivity contribution in [3.63, 3.8) is 0 Å². The highest BCUT2D eigenvalue weighted by molar-refractivity contribution is 9.12. The highest BCUT2D eigenvalue weighted by Gasteiger charge is 2.24. The van der Waals surface area contributed by atoms with Crippen LogP contribution in [0, 0.1) is 0 Å². The first-order valence-corrected chi connectivity index (χ1v) is 10.9. The molecule has 3 nitrogen and oxygen atoms in total. The molecule has 6 heteroatoms. The Morgan fingerprint density at radius 1 is 1.08 bits per heavy atom. The SMILES string of the molecule is CCCCCCCCOc1ccccc1-c1c(Br)sc(Br)c1C(=O)O. The minimum absolute atomic E-state index is 0.271. The van der Waals surface area contributed by atoms with Gasteiger partial charge >= 0.3 is 5.97 Å². The predicted octanol–water partition coefficient (Wildman–Crippen LogP) is 7.38. The van der Waals surface area contributed by atoms with Crippen molar-refractivity contribution in [2.24, 2.45) is 0 Å². The van der Waals surface area contributed by atoms with E-state index in [9.17, 15) is 9.90 Å². The predicted molar refractivity (Wildman–Crippen MR) is 111 cm³/mol. The number of hydrogen-bond donors (Lipinski definition) is 1. The van der Waals surface area contributed by atoms with Crippen LogP contribution in [0.4, 0.5) is 0 Å². The molecule has 1 aromatic heterocycles. The highest BCUT2D eigenvalue weighted by atomic mass is 79.9. The number of para-hydroxylation sites is 1. The molecule has 2 aromatic rings. The molecule has 1 heterocycles.